The van der Waals surface area contributed by atoms with Crippen molar-refractivity contribution >= 4 is 34.2 Å². The average Bonchev–Trinajstić information content (AvgIpc) is 2.67. The Kier molecular flexibility index (Phi) is 6.44. The highest BCUT2D eigenvalue weighted by Gasteiger charge is 2.22. The van der Waals surface area contributed by atoms with Crippen molar-refractivity contribution in [1.29, 1.82) is 0 Å². The molecule has 4 nitrogen and oxygen atoms in total. The summed E-state index contributed by atoms with van der Waals surface area (Å²) < 4.78 is 1.16. The van der Waals surface area contributed by atoms with Crippen LogP contribution in [-0.4, -0.2) is 41.7 Å². The number of aliphatic hydroxyl groups excluding tert-OH is 1. The number of anilines is 1. The van der Waals surface area contributed by atoms with Gasteiger partial charge in [0, 0.05) is 15.3 Å². The summed E-state index contributed by atoms with van der Waals surface area (Å²) in [6, 6.07) is 6.11. The fourth-order valence-corrected chi connectivity index (χ4v) is 3.44. The van der Waals surface area contributed by atoms with Gasteiger partial charge < -0.3 is 10.4 Å². The Morgan fingerprint density at radius 1 is 1.43 bits per heavy atom. The van der Waals surface area contributed by atoms with Crippen molar-refractivity contribution in [2.45, 2.75) is 38.6 Å². The third kappa shape index (κ3) is 4.93. The first-order valence-corrected chi connectivity index (χ1v) is 8.59. The number of carbonyl (C=O) groups excluding carboxylic acids is 1. The number of amides is 1. The van der Waals surface area contributed by atoms with E-state index in [9.17, 15) is 9.90 Å². The van der Waals surface area contributed by atoms with Crippen LogP contribution in [0.1, 0.15) is 31.2 Å². The van der Waals surface area contributed by atoms with Crippen molar-refractivity contribution in [1.82, 2.24) is 4.90 Å². The molecule has 1 saturated heterocycles. The average molecular weight is 402 g/mol. The second-order valence-electron chi connectivity index (χ2n) is 5.66. The molecular weight excluding hydrogens is 379 g/mol. The standard InChI is InChI=1S/C16H23IN2O2/c1-12-9-13(17)6-7-15(12)18-16(21)10-19-8-4-2-3-5-14(19)11-20/h6-7,9,14,20H,2-5,8,10-11H2,1H3,(H,18,21). The van der Waals surface area contributed by atoms with Gasteiger partial charge in [-0.25, -0.2) is 0 Å². The van der Waals surface area contributed by atoms with Crippen LogP contribution < -0.4 is 5.32 Å². The fourth-order valence-electron chi connectivity index (χ4n) is 2.79. The van der Waals surface area contributed by atoms with Gasteiger partial charge in [-0.3, -0.25) is 9.69 Å². The molecule has 1 heterocycles. The highest BCUT2D eigenvalue weighted by molar-refractivity contribution is 14.1. The molecule has 0 spiro atoms. The molecule has 1 aliphatic rings. The molecule has 1 atom stereocenters. The van der Waals surface area contributed by atoms with Gasteiger partial charge in [0.15, 0.2) is 0 Å². The minimum absolute atomic E-state index is 0.000317. The maximum atomic E-state index is 12.3. The summed E-state index contributed by atoms with van der Waals surface area (Å²) in [5.74, 6) is -0.000317. The summed E-state index contributed by atoms with van der Waals surface area (Å²) in [6.45, 7) is 3.39. The van der Waals surface area contributed by atoms with Gasteiger partial charge in [0.25, 0.3) is 0 Å². The lowest BCUT2D eigenvalue weighted by Gasteiger charge is -2.27. The van der Waals surface area contributed by atoms with Crippen LogP contribution in [0.25, 0.3) is 0 Å². The number of hydrogen-bond acceptors (Lipinski definition) is 3. The summed E-state index contributed by atoms with van der Waals surface area (Å²) in [5, 5.41) is 12.5. The highest BCUT2D eigenvalue weighted by Crippen LogP contribution is 2.19. The van der Waals surface area contributed by atoms with Crippen LogP contribution in [-0.2, 0) is 4.79 Å². The number of halogens is 1. The summed E-state index contributed by atoms with van der Waals surface area (Å²) in [7, 11) is 0. The molecule has 1 unspecified atom stereocenters. The number of hydrogen-bond donors (Lipinski definition) is 2. The minimum Gasteiger partial charge on any atom is -0.395 e. The molecule has 0 radical (unpaired) electrons. The van der Waals surface area contributed by atoms with Crippen LogP contribution in [0, 0.1) is 10.5 Å². The molecule has 1 aromatic carbocycles. The number of aliphatic hydroxyl groups is 1. The third-order valence-corrected chi connectivity index (χ3v) is 4.69. The van der Waals surface area contributed by atoms with E-state index in [-0.39, 0.29) is 18.6 Å². The van der Waals surface area contributed by atoms with Crippen molar-refractivity contribution in [3.63, 3.8) is 0 Å². The Bertz CT molecular complexity index is 493. The normalized spacial score (nSPS) is 20.0. The van der Waals surface area contributed by atoms with E-state index < -0.39 is 0 Å². The van der Waals surface area contributed by atoms with Gasteiger partial charge in [-0.1, -0.05) is 12.8 Å². The molecule has 116 valence electrons. The van der Waals surface area contributed by atoms with Crippen LogP contribution in [0.5, 0.6) is 0 Å². The van der Waals surface area contributed by atoms with Crippen LogP contribution in [0.15, 0.2) is 18.2 Å². The van der Waals surface area contributed by atoms with E-state index >= 15 is 0 Å². The van der Waals surface area contributed by atoms with Gasteiger partial charge in [-0.15, -0.1) is 0 Å². The van der Waals surface area contributed by atoms with Gasteiger partial charge >= 0.3 is 0 Å². The van der Waals surface area contributed by atoms with E-state index in [1.165, 1.54) is 6.42 Å². The van der Waals surface area contributed by atoms with Crippen LogP contribution in [0.2, 0.25) is 0 Å². The number of carbonyl (C=O) groups is 1. The van der Waals surface area contributed by atoms with E-state index in [1.54, 1.807) is 0 Å². The maximum absolute atomic E-state index is 12.3. The van der Waals surface area contributed by atoms with Gasteiger partial charge in [0.05, 0.1) is 13.2 Å². The summed E-state index contributed by atoms with van der Waals surface area (Å²) in [6.07, 6.45) is 4.41. The molecule has 1 aliphatic heterocycles. The lowest BCUT2D eigenvalue weighted by molar-refractivity contribution is -0.118. The van der Waals surface area contributed by atoms with Crippen molar-refractivity contribution in [3.05, 3.63) is 27.3 Å². The molecular formula is C16H23IN2O2. The molecule has 0 aliphatic carbocycles. The monoisotopic (exact) mass is 402 g/mol. The second-order valence-corrected chi connectivity index (χ2v) is 6.91. The maximum Gasteiger partial charge on any atom is 0.238 e. The zero-order valence-corrected chi connectivity index (χ0v) is 14.6. The fraction of sp³-hybridized carbons (Fsp3) is 0.562. The first-order chi connectivity index (χ1) is 10.1. The van der Waals surface area contributed by atoms with E-state index in [1.807, 2.05) is 19.1 Å². The molecule has 0 saturated carbocycles. The Balaban J connectivity index is 1.96. The van der Waals surface area contributed by atoms with E-state index in [0.717, 1.165) is 40.6 Å². The first kappa shape index (κ1) is 16.7. The molecule has 5 heteroatoms. The van der Waals surface area contributed by atoms with E-state index in [4.69, 9.17) is 0 Å². The summed E-state index contributed by atoms with van der Waals surface area (Å²) in [5.41, 5.74) is 1.95. The molecule has 1 amide bonds. The number of aryl methyl sites for hydroxylation is 1. The van der Waals surface area contributed by atoms with Crippen LogP contribution >= 0.6 is 22.6 Å². The zero-order chi connectivity index (χ0) is 15.2. The second kappa shape index (κ2) is 8.10. The SMILES string of the molecule is Cc1cc(I)ccc1NC(=O)CN1CCCCCC1CO. The number of nitrogens with zero attached hydrogens (tertiary/aromatic N) is 1. The predicted molar refractivity (Wildman–Crippen MR) is 93.4 cm³/mol. The molecule has 2 N–H and O–H groups in total. The number of likely N-dealkylation sites (tertiary alicyclic amines) is 1. The number of benzene rings is 1. The Morgan fingerprint density at radius 3 is 2.95 bits per heavy atom. The van der Waals surface area contributed by atoms with Gasteiger partial charge in [0.2, 0.25) is 5.91 Å². The van der Waals surface area contributed by atoms with Crippen LogP contribution in [0.3, 0.4) is 0 Å². The number of rotatable bonds is 4. The van der Waals surface area contributed by atoms with Crippen molar-refractivity contribution < 1.29 is 9.90 Å². The smallest absolute Gasteiger partial charge is 0.238 e. The third-order valence-electron chi connectivity index (χ3n) is 4.02. The van der Waals surface area contributed by atoms with Crippen molar-refractivity contribution in [2.75, 3.05) is 25.0 Å². The molecule has 1 fully saturated rings. The largest absolute Gasteiger partial charge is 0.395 e. The van der Waals surface area contributed by atoms with Gasteiger partial charge in [-0.2, -0.15) is 0 Å². The minimum atomic E-state index is -0.000317. The lowest BCUT2D eigenvalue weighted by Crippen LogP contribution is -2.42. The first-order valence-electron chi connectivity index (χ1n) is 7.51. The Hall–Kier alpha value is -0.660. The molecule has 2 rings (SSSR count). The van der Waals surface area contributed by atoms with Gasteiger partial charge in [0.1, 0.15) is 0 Å². The van der Waals surface area contributed by atoms with Gasteiger partial charge in [-0.05, 0) is 72.7 Å². The van der Waals surface area contributed by atoms with Crippen molar-refractivity contribution in [2.24, 2.45) is 0 Å². The van der Waals surface area contributed by atoms with E-state index in [0.29, 0.717) is 6.54 Å². The lowest BCUT2D eigenvalue weighted by atomic mass is 10.1. The summed E-state index contributed by atoms with van der Waals surface area (Å²) >= 11 is 2.26. The highest BCUT2D eigenvalue weighted by atomic mass is 127. The summed E-state index contributed by atoms with van der Waals surface area (Å²) in [4.78, 5) is 14.4. The predicted octanol–water partition coefficient (Wildman–Crippen LogP) is 2.78. The van der Waals surface area contributed by atoms with Crippen molar-refractivity contribution in [3.8, 4) is 0 Å². The van der Waals surface area contributed by atoms with Crippen LogP contribution in [0.4, 0.5) is 5.69 Å². The Morgan fingerprint density at radius 2 is 2.24 bits per heavy atom. The zero-order valence-electron chi connectivity index (χ0n) is 12.4. The van der Waals surface area contributed by atoms with E-state index in [2.05, 4.69) is 38.9 Å². The quantitative estimate of drug-likeness (QED) is 0.762. The number of nitrogens with one attached hydrogen (secondary N) is 1. The molecule has 1 aromatic rings. The molecule has 0 bridgehead atoms. The molecule has 21 heavy (non-hydrogen) atoms. The molecule has 0 aromatic heterocycles. The topological polar surface area (TPSA) is 52.6 Å². The Labute approximate surface area is 140 Å².